The summed E-state index contributed by atoms with van der Waals surface area (Å²) in [5.41, 5.74) is 3.11. The Hall–Kier alpha value is -2.14. The van der Waals surface area contributed by atoms with E-state index in [4.69, 9.17) is 4.42 Å². The number of aryl methyl sites for hydroxylation is 2. The first-order valence-electron chi connectivity index (χ1n) is 8.11. The van der Waals surface area contributed by atoms with Crippen molar-refractivity contribution in [2.24, 2.45) is 0 Å². The standard InChI is InChI=1S/C18H23N3O2/c1-12-14(3)23-17(20-12)11-19-13(2)15-6-8-16(9-7-15)21-10-4-5-18(21)22/h6-9,13,19H,4-5,10-11H2,1-3H3/t13-/m1/s1. The van der Waals surface area contributed by atoms with E-state index in [1.165, 1.54) is 5.56 Å². The number of anilines is 1. The van der Waals surface area contributed by atoms with Gasteiger partial charge in [0.2, 0.25) is 11.8 Å². The van der Waals surface area contributed by atoms with Crippen molar-refractivity contribution in [3.63, 3.8) is 0 Å². The maximum Gasteiger partial charge on any atom is 0.227 e. The molecule has 0 bridgehead atoms. The van der Waals surface area contributed by atoms with E-state index in [0.717, 1.165) is 30.1 Å². The van der Waals surface area contributed by atoms with E-state index in [0.29, 0.717) is 18.9 Å². The molecule has 2 heterocycles. The van der Waals surface area contributed by atoms with Crippen LogP contribution in [0, 0.1) is 13.8 Å². The molecule has 5 heteroatoms. The Bertz CT molecular complexity index is 671. The van der Waals surface area contributed by atoms with Gasteiger partial charge < -0.3 is 14.6 Å². The Morgan fingerprint density at radius 2 is 2.04 bits per heavy atom. The first kappa shape index (κ1) is 15.7. The quantitative estimate of drug-likeness (QED) is 0.920. The van der Waals surface area contributed by atoms with Crippen LogP contribution >= 0.6 is 0 Å². The summed E-state index contributed by atoms with van der Waals surface area (Å²) >= 11 is 0. The largest absolute Gasteiger partial charge is 0.444 e. The summed E-state index contributed by atoms with van der Waals surface area (Å²) in [4.78, 5) is 18.0. The number of hydrogen-bond acceptors (Lipinski definition) is 4. The van der Waals surface area contributed by atoms with Crippen LogP contribution in [-0.4, -0.2) is 17.4 Å². The van der Waals surface area contributed by atoms with E-state index in [1.54, 1.807) is 0 Å². The van der Waals surface area contributed by atoms with Gasteiger partial charge in [-0.15, -0.1) is 0 Å². The molecule has 5 nitrogen and oxygen atoms in total. The molecule has 0 radical (unpaired) electrons. The van der Waals surface area contributed by atoms with Gasteiger partial charge in [-0.05, 0) is 44.9 Å². The molecule has 23 heavy (non-hydrogen) atoms. The number of nitrogens with zero attached hydrogens (tertiary/aromatic N) is 2. The highest BCUT2D eigenvalue weighted by atomic mass is 16.4. The van der Waals surface area contributed by atoms with Crippen LogP contribution in [0.1, 0.15) is 48.7 Å². The van der Waals surface area contributed by atoms with Crippen molar-refractivity contribution in [1.82, 2.24) is 10.3 Å². The molecular weight excluding hydrogens is 290 g/mol. The minimum atomic E-state index is 0.186. The van der Waals surface area contributed by atoms with Crippen LogP contribution in [0.25, 0.3) is 0 Å². The molecule has 0 unspecified atom stereocenters. The van der Waals surface area contributed by atoms with Gasteiger partial charge in [0.1, 0.15) is 5.76 Å². The fourth-order valence-corrected chi connectivity index (χ4v) is 2.84. The summed E-state index contributed by atoms with van der Waals surface area (Å²) in [5.74, 6) is 1.80. The number of carbonyl (C=O) groups is 1. The van der Waals surface area contributed by atoms with E-state index >= 15 is 0 Å². The highest BCUT2D eigenvalue weighted by Gasteiger charge is 2.21. The Labute approximate surface area is 136 Å². The van der Waals surface area contributed by atoms with Crippen LogP contribution in [-0.2, 0) is 11.3 Å². The third-order valence-corrected chi connectivity index (χ3v) is 4.41. The Morgan fingerprint density at radius 3 is 2.61 bits per heavy atom. The molecule has 1 amide bonds. The predicted molar refractivity (Wildman–Crippen MR) is 89.3 cm³/mol. The summed E-state index contributed by atoms with van der Waals surface area (Å²) in [6.07, 6.45) is 1.61. The van der Waals surface area contributed by atoms with Gasteiger partial charge in [0.25, 0.3) is 0 Å². The zero-order valence-electron chi connectivity index (χ0n) is 13.9. The topological polar surface area (TPSA) is 58.4 Å². The molecule has 3 rings (SSSR count). The van der Waals surface area contributed by atoms with Crippen LogP contribution < -0.4 is 10.2 Å². The molecular formula is C18H23N3O2. The smallest absolute Gasteiger partial charge is 0.227 e. The average molecular weight is 313 g/mol. The number of hydrogen-bond donors (Lipinski definition) is 1. The van der Waals surface area contributed by atoms with Crippen molar-refractivity contribution in [2.75, 3.05) is 11.4 Å². The van der Waals surface area contributed by atoms with Gasteiger partial charge in [-0.2, -0.15) is 0 Å². The average Bonchev–Trinajstić information content (AvgIpc) is 3.11. The SMILES string of the molecule is Cc1nc(CN[C@H](C)c2ccc(N3CCCC3=O)cc2)oc1C. The Kier molecular flexibility index (Phi) is 4.48. The van der Waals surface area contributed by atoms with Gasteiger partial charge in [0.15, 0.2) is 0 Å². The number of oxazole rings is 1. The van der Waals surface area contributed by atoms with Gasteiger partial charge in [0.05, 0.1) is 12.2 Å². The predicted octanol–water partition coefficient (Wildman–Crippen LogP) is 3.27. The highest BCUT2D eigenvalue weighted by molar-refractivity contribution is 5.95. The van der Waals surface area contributed by atoms with Gasteiger partial charge in [-0.25, -0.2) is 4.98 Å². The lowest BCUT2D eigenvalue weighted by Gasteiger charge is -2.18. The second kappa shape index (κ2) is 6.54. The highest BCUT2D eigenvalue weighted by Crippen LogP contribution is 2.23. The summed E-state index contributed by atoms with van der Waals surface area (Å²) in [6.45, 7) is 7.41. The van der Waals surface area contributed by atoms with Crippen molar-refractivity contribution in [2.45, 2.75) is 46.2 Å². The normalized spacial score (nSPS) is 16.1. The molecule has 122 valence electrons. The van der Waals surface area contributed by atoms with E-state index in [-0.39, 0.29) is 11.9 Å². The van der Waals surface area contributed by atoms with Crippen molar-refractivity contribution >= 4 is 11.6 Å². The maximum atomic E-state index is 11.8. The van der Waals surface area contributed by atoms with Gasteiger partial charge in [-0.3, -0.25) is 4.79 Å². The molecule has 1 atom stereocenters. The maximum absolute atomic E-state index is 11.8. The van der Waals surface area contributed by atoms with Crippen LogP contribution in [0.3, 0.4) is 0 Å². The number of carbonyl (C=O) groups excluding carboxylic acids is 1. The molecule has 1 saturated heterocycles. The van der Waals surface area contributed by atoms with Crippen LogP contribution in [0.4, 0.5) is 5.69 Å². The van der Waals surface area contributed by atoms with E-state index in [9.17, 15) is 4.79 Å². The summed E-state index contributed by atoms with van der Waals surface area (Å²) < 4.78 is 5.58. The zero-order chi connectivity index (χ0) is 16.4. The lowest BCUT2D eigenvalue weighted by Crippen LogP contribution is -2.23. The molecule has 0 aliphatic carbocycles. The molecule has 1 N–H and O–H groups in total. The first-order chi connectivity index (χ1) is 11.0. The molecule has 0 saturated carbocycles. The number of rotatable bonds is 5. The lowest BCUT2D eigenvalue weighted by atomic mass is 10.1. The van der Waals surface area contributed by atoms with E-state index in [1.807, 2.05) is 30.9 Å². The summed E-state index contributed by atoms with van der Waals surface area (Å²) in [5, 5.41) is 3.42. The number of benzene rings is 1. The number of amides is 1. The third-order valence-electron chi connectivity index (χ3n) is 4.41. The second-order valence-electron chi connectivity index (χ2n) is 6.09. The fourth-order valence-electron chi connectivity index (χ4n) is 2.84. The zero-order valence-corrected chi connectivity index (χ0v) is 13.9. The summed E-state index contributed by atoms with van der Waals surface area (Å²) in [6, 6.07) is 8.38. The third kappa shape index (κ3) is 3.45. The van der Waals surface area contributed by atoms with Crippen molar-refractivity contribution in [3.8, 4) is 0 Å². The van der Waals surface area contributed by atoms with Crippen molar-refractivity contribution in [1.29, 1.82) is 0 Å². The van der Waals surface area contributed by atoms with Crippen molar-refractivity contribution < 1.29 is 9.21 Å². The Balaban J connectivity index is 1.61. The second-order valence-corrected chi connectivity index (χ2v) is 6.09. The van der Waals surface area contributed by atoms with E-state index in [2.05, 4.69) is 29.4 Å². The fraction of sp³-hybridized carbons (Fsp3) is 0.444. The van der Waals surface area contributed by atoms with Crippen LogP contribution in [0.2, 0.25) is 0 Å². The molecule has 1 aliphatic rings. The monoisotopic (exact) mass is 313 g/mol. The Morgan fingerprint density at radius 1 is 1.30 bits per heavy atom. The molecule has 1 aromatic carbocycles. The summed E-state index contributed by atoms with van der Waals surface area (Å²) in [7, 11) is 0. The number of aromatic nitrogens is 1. The van der Waals surface area contributed by atoms with Crippen LogP contribution in [0.15, 0.2) is 28.7 Å². The van der Waals surface area contributed by atoms with Gasteiger partial charge >= 0.3 is 0 Å². The number of nitrogens with one attached hydrogen (secondary N) is 1. The van der Waals surface area contributed by atoms with Gasteiger partial charge in [0, 0.05) is 24.7 Å². The van der Waals surface area contributed by atoms with E-state index < -0.39 is 0 Å². The first-order valence-corrected chi connectivity index (χ1v) is 8.11. The molecule has 2 aromatic rings. The molecule has 1 aromatic heterocycles. The molecule has 1 aliphatic heterocycles. The van der Waals surface area contributed by atoms with Crippen LogP contribution in [0.5, 0.6) is 0 Å². The van der Waals surface area contributed by atoms with Gasteiger partial charge in [-0.1, -0.05) is 12.1 Å². The molecule has 0 spiro atoms. The van der Waals surface area contributed by atoms with Crippen molar-refractivity contribution in [3.05, 3.63) is 47.2 Å². The minimum absolute atomic E-state index is 0.186. The minimum Gasteiger partial charge on any atom is -0.444 e. The lowest BCUT2D eigenvalue weighted by molar-refractivity contribution is -0.117. The molecule has 1 fully saturated rings.